The predicted octanol–water partition coefficient (Wildman–Crippen LogP) is 3.42. The first-order chi connectivity index (χ1) is 9.10. The van der Waals surface area contributed by atoms with E-state index < -0.39 is 5.97 Å². The molecule has 0 fully saturated rings. The minimum atomic E-state index is -0.477. The molecule has 0 amide bonds. The van der Waals surface area contributed by atoms with Gasteiger partial charge in [-0.25, -0.2) is 9.78 Å². The smallest absolute Gasteiger partial charge is 0.343 e. The highest BCUT2D eigenvalue weighted by molar-refractivity contribution is 7.14. The number of nitrogens with one attached hydrogen (secondary N) is 1. The highest BCUT2D eigenvalue weighted by Crippen LogP contribution is 2.25. The molecular weight excluding hydrogens is 286 g/mol. The molecule has 0 saturated heterocycles. The number of nitrogens with zero attached hydrogens (tertiary/aromatic N) is 2. The van der Waals surface area contributed by atoms with Gasteiger partial charge in [0.1, 0.15) is 5.56 Å². The maximum absolute atomic E-state index is 11.8. The third-order valence-electron chi connectivity index (χ3n) is 2.23. The SMILES string of the molecule is CCOC(=O)c1cnc(Cl)nc1Nc1cc(C)cs1. The van der Waals surface area contributed by atoms with E-state index in [4.69, 9.17) is 16.3 Å². The number of aryl methyl sites for hydroxylation is 1. The number of hydrogen-bond donors (Lipinski definition) is 1. The Morgan fingerprint density at radius 2 is 2.37 bits per heavy atom. The number of hydrogen-bond acceptors (Lipinski definition) is 6. The summed E-state index contributed by atoms with van der Waals surface area (Å²) < 4.78 is 4.95. The second-order valence-electron chi connectivity index (χ2n) is 3.74. The van der Waals surface area contributed by atoms with E-state index in [1.54, 1.807) is 6.92 Å². The fourth-order valence-corrected chi connectivity index (χ4v) is 2.35. The molecule has 0 radical (unpaired) electrons. The first-order valence-electron chi connectivity index (χ1n) is 5.62. The lowest BCUT2D eigenvalue weighted by atomic mass is 10.3. The van der Waals surface area contributed by atoms with Crippen LogP contribution in [0.25, 0.3) is 0 Å². The Morgan fingerprint density at radius 1 is 1.58 bits per heavy atom. The molecule has 5 nitrogen and oxygen atoms in total. The van der Waals surface area contributed by atoms with Gasteiger partial charge < -0.3 is 10.1 Å². The molecule has 2 rings (SSSR count). The number of esters is 1. The van der Waals surface area contributed by atoms with Crippen molar-refractivity contribution in [1.29, 1.82) is 0 Å². The first-order valence-corrected chi connectivity index (χ1v) is 6.87. The van der Waals surface area contributed by atoms with Crippen molar-refractivity contribution in [3.63, 3.8) is 0 Å². The summed E-state index contributed by atoms with van der Waals surface area (Å²) >= 11 is 7.28. The molecule has 0 aliphatic carbocycles. The summed E-state index contributed by atoms with van der Waals surface area (Å²) in [5.74, 6) is -0.129. The minimum absolute atomic E-state index is 0.0730. The number of thiophene rings is 1. The van der Waals surface area contributed by atoms with Crippen molar-refractivity contribution in [3.05, 3.63) is 34.1 Å². The molecular formula is C12H12ClN3O2S. The number of aromatic nitrogens is 2. The van der Waals surface area contributed by atoms with Gasteiger partial charge in [-0.15, -0.1) is 11.3 Å². The molecule has 0 aliphatic heterocycles. The highest BCUT2D eigenvalue weighted by atomic mass is 35.5. The molecule has 0 aliphatic rings. The van der Waals surface area contributed by atoms with Crippen LogP contribution in [-0.4, -0.2) is 22.5 Å². The van der Waals surface area contributed by atoms with Gasteiger partial charge in [0, 0.05) is 6.20 Å². The molecule has 2 aromatic rings. The van der Waals surface area contributed by atoms with Gasteiger partial charge in [-0.2, -0.15) is 4.98 Å². The zero-order valence-corrected chi connectivity index (χ0v) is 12.0. The molecule has 0 aromatic carbocycles. The molecule has 2 aromatic heterocycles. The molecule has 0 spiro atoms. The monoisotopic (exact) mass is 297 g/mol. The summed E-state index contributed by atoms with van der Waals surface area (Å²) in [4.78, 5) is 19.6. The Morgan fingerprint density at radius 3 is 3.00 bits per heavy atom. The van der Waals surface area contributed by atoms with Gasteiger partial charge in [-0.3, -0.25) is 0 Å². The fourth-order valence-electron chi connectivity index (χ4n) is 1.43. The number of rotatable bonds is 4. The zero-order chi connectivity index (χ0) is 13.8. The number of halogens is 1. The summed E-state index contributed by atoms with van der Waals surface area (Å²) in [6.07, 6.45) is 1.36. The summed E-state index contributed by atoms with van der Waals surface area (Å²) in [6, 6.07) is 1.95. The van der Waals surface area contributed by atoms with Gasteiger partial charge in [-0.1, -0.05) is 0 Å². The van der Waals surface area contributed by atoms with Crippen LogP contribution < -0.4 is 5.32 Å². The Kier molecular flexibility index (Phi) is 4.34. The van der Waals surface area contributed by atoms with Gasteiger partial charge in [-0.05, 0) is 42.5 Å². The fraction of sp³-hybridized carbons (Fsp3) is 0.250. The maximum atomic E-state index is 11.8. The lowest BCUT2D eigenvalue weighted by Crippen LogP contribution is -2.10. The summed E-state index contributed by atoms with van der Waals surface area (Å²) in [7, 11) is 0. The van der Waals surface area contributed by atoms with E-state index >= 15 is 0 Å². The standard InChI is InChI=1S/C12H12ClN3O2S/c1-3-18-11(17)8-5-14-12(13)16-10(8)15-9-4-7(2)6-19-9/h4-6H,3H2,1-2H3,(H,14,15,16). The second kappa shape index (κ2) is 5.99. The third kappa shape index (κ3) is 3.42. The van der Waals surface area contributed by atoms with Crippen LogP contribution in [0.4, 0.5) is 10.8 Å². The topological polar surface area (TPSA) is 64.1 Å². The average Bonchev–Trinajstić information content (AvgIpc) is 2.75. The Balaban J connectivity index is 2.31. The number of carbonyl (C=O) groups excluding carboxylic acids is 1. The van der Waals surface area contributed by atoms with Crippen molar-refractivity contribution in [1.82, 2.24) is 9.97 Å². The zero-order valence-electron chi connectivity index (χ0n) is 10.4. The second-order valence-corrected chi connectivity index (χ2v) is 4.98. The number of carbonyl (C=O) groups is 1. The van der Waals surface area contributed by atoms with Crippen LogP contribution >= 0.6 is 22.9 Å². The lowest BCUT2D eigenvalue weighted by molar-refractivity contribution is 0.0526. The van der Waals surface area contributed by atoms with E-state index in [0.717, 1.165) is 10.6 Å². The summed E-state index contributed by atoms with van der Waals surface area (Å²) in [5, 5.41) is 6.00. The molecule has 7 heteroatoms. The molecule has 0 saturated carbocycles. The van der Waals surface area contributed by atoms with Crippen molar-refractivity contribution >= 4 is 39.7 Å². The van der Waals surface area contributed by atoms with E-state index in [1.165, 1.54) is 17.5 Å². The lowest BCUT2D eigenvalue weighted by Gasteiger charge is -2.08. The quantitative estimate of drug-likeness (QED) is 0.692. The molecule has 0 atom stereocenters. The van der Waals surface area contributed by atoms with Crippen molar-refractivity contribution in [2.24, 2.45) is 0 Å². The maximum Gasteiger partial charge on any atom is 0.343 e. The van der Waals surface area contributed by atoms with Crippen LogP contribution in [0.15, 0.2) is 17.6 Å². The van der Waals surface area contributed by atoms with Crippen LogP contribution in [0.5, 0.6) is 0 Å². The summed E-state index contributed by atoms with van der Waals surface area (Å²) in [6.45, 7) is 4.02. The normalized spacial score (nSPS) is 10.3. The van der Waals surface area contributed by atoms with E-state index in [2.05, 4.69) is 15.3 Å². The summed E-state index contributed by atoms with van der Waals surface area (Å²) in [5.41, 5.74) is 1.39. The molecule has 19 heavy (non-hydrogen) atoms. The molecule has 2 heterocycles. The van der Waals surface area contributed by atoms with Gasteiger partial charge >= 0.3 is 5.97 Å². The Labute approximate surface area is 119 Å². The highest BCUT2D eigenvalue weighted by Gasteiger charge is 2.16. The van der Waals surface area contributed by atoms with Crippen LogP contribution in [0.2, 0.25) is 5.28 Å². The molecule has 100 valence electrons. The van der Waals surface area contributed by atoms with E-state index in [-0.39, 0.29) is 10.8 Å². The molecule has 0 unspecified atom stereocenters. The van der Waals surface area contributed by atoms with Gasteiger partial charge in [0.2, 0.25) is 5.28 Å². The molecule has 1 N–H and O–H groups in total. The average molecular weight is 298 g/mol. The minimum Gasteiger partial charge on any atom is -0.462 e. The predicted molar refractivity (Wildman–Crippen MR) is 75.3 cm³/mol. The Hall–Kier alpha value is -1.66. The van der Waals surface area contributed by atoms with E-state index in [0.29, 0.717) is 12.4 Å². The Bertz CT molecular complexity index is 600. The number of anilines is 2. The largest absolute Gasteiger partial charge is 0.462 e. The van der Waals surface area contributed by atoms with Crippen LogP contribution in [-0.2, 0) is 4.74 Å². The van der Waals surface area contributed by atoms with Crippen LogP contribution in [0.1, 0.15) is 22.8 Å². The van der Waals surface area contributed by atoms with Crippen LogP contribution in [0.3, 0.4) is 0 Å². The third-order valence-corrected chi connectivity index (χ3v) is 3.37. The van der Waals surface area contributed by atoms with Gasteiger partial charge in [0.05, 0.1) is 11.6 Å². The van der Waals surface area contributed by atoms with Crippen molar-refractivity contribution < 1.29 is 9.53 Å². The van der Waals surface area contributed by atoms with Crippen molar-refractivity contribution in [2.45, 2.75) is 13.8 Å². The van der Waals surface area contributed by atoms with E-state index in [1.807, 2.05) is 18.4 Å². The first kappa shape index (κ1) is 13.8. The van der Waals surface area contributed by atoms with Gasteiger partial charge in [0.25, 0.3) is 0 Å². The molecule has 0 bridgehead atoms. The van der Waals surface area contributed by atoms with Crippen molar-refractivity contribution in [2.75, 3.05) is 11.9 Å². The van der Waals surface area contributed by atoms with Gasteiger partial charge in [0.15, 0.2) is 5.82 Å². The van der Waals surface area contributed by atoms with Crippen molar-refractivity contribution in [3.8, 4) is 0 Å². The van der Waals surface area contributed by atoms with E-state index in [9.17, 15) is 4.79 Å². The number of ether oxygens (including phenoxy) is 1. The van der Waals surface area contributed by atoms with Crippen LogP contribution in [0, 0.1) is 6.92 Å².